The van der Waals surface area contributed by atoms with Gasteiger partial charge >= 0.3 is 0 Å². The number of carbonyl (C=O) groups is 1. The van der Waals surface area contributed by atoms with Crippen LogP contribution in [0.1, 0.15) is 41.8 Å². The van der Waals surface area contributed by atoms with Gasteiger partial charge in [0.05, 0.1) is 11.5 Å². The Morgan fingerprint density at radius 3 is 2.84 bits per heavy atom. The van der Waals surface area contributed by atoms with Gasteiger partial charge in [0, 0.05) is 6.04 Å². The molecule has 25 heavy (non-hydrogen) atoms. The Morgan fingerprint density at radius 1 is 1.32 bits per heavy atom. The van der Waals surface area contributed by atoms with E-state index >= 15 is 0 Å². The number of alkyl halides is 3. The zero-order valence-corrected chi connectivity index (χ0v) is 17.0. The number of rotatable bonds is 5. The van der Waals surface area contributed by atoms with Crippen LogP contribution < -0.4 is 5.32 Å². The summed E-state index contributed by atoms with van der Waals surface area (Å²) < 4.78 is 4.20. The molecule has 1 amide bonds. The minimum Gasteiger partial charge on any atom is -0.354 e. The van der Waals surface area contributed by atoms with E-state index in [9.17, 15) is 4.79 Å². The molecule has 1 aromatic heterocycles. The molecule has 0 aromatic carbocycles. The number of carbonyl (C=O) groups excluding carboxylic acids is 1. The lowest BCUT2D eigenvalue weighted by Gasteiger charge is -2.44. The van der Waals surface area contributed by atoms with Crippen LogP contribution in [0.2, 0.25) is 0 Å². The van der Waals surface area contributed by atoms with Crippen LogP contribution in [0.15, 0.2) is 17.5 Å². The summed E-state index contributed by atoms with van der Waals surface area (Å²) in [4.78, 5) is 15.4. The zero-order valence-electron chi connectivity index (χ0n) is 13.9. The first-order valence-electron chi connectivity index (χ1n) is 8.72. The van der Waals surface area contributed by atoms with E-state index in [1.807, 2.05) is 11.4 Å². The molecule has 3 heterocycles. The van der Waals surface area contributed by atoms with Gasteiger partial charge in [-0.25, -0.2) is 0 Å². The van der Waals surface area contributed by atoms with Crippen LogP contribution in [-0.4, -0.2) is 46.6 Å². The second kappa shape index (κ2) is 8.77. The van der Waals surface area contributed by atoms with Crippen molar-refractivity contribution >= 4 is 52.0 Å². The molecular weight excluding hydrogens is 403 g/mol. The fourth-order valence-electron chi connectivity index (χ4n) is 3.81. The summed E-state index contributed by atoms with van der Waals surface area (Å²) in [6.07, 6.45) is 5.06. The summed E-state index contributed by atoms with van der Waals surface area (Å²) in [5, 5.41) is 4.54. The van der Waals surface area contributed by atoms with Gasteiger partial charge < -0.3 is 15.0 Å². The van der Waals surface area contributed by atoms with E-state index in [1.165, 1.54) is 50.1 Å². The van der Waals surface area contributed by atoms with Crippen molar-refractivity contribution in [2.75, 3.05) is 19.7 Å². The Hall–Kier alpha value is -0.0400. The van der Waals surface area contributed by atoms with Gasteiger partial charge in [-0.2, -0.15) is 0 Å². The summed E-state index contributed by atoms with van der Waals surface area (Å²) in [6, 6.07) is 4.09. The summed E-state index contributed by atoms with van der Waals surface area (Å²) in [5.74, 6) is 0.136. The molecule has 0 unspecified atom stereocenters. The van der Waals surface area contributed by atoms with Crippen LogP contribution >= 0.6 is 46.1 Å². The Kier molecular flexibility index (Phi) is 6.91. The van der Waals surface area contributed by atoms with Gasteiger partial charge in [0.25, 0.3) is 5.91 Å². The predicted molar refractivity (Wildman–Crippen MR) is 104 cm³/mol. The SMILES string of the molecule is O=C(N[C@H](OC[C@@H]1CCCN2CCCC[C@@H]12)C(Cl)(Cl)Cl)c1cccs1. The Balaban J connectivity index is 1.59. The number of thiophene rings is 1. The lowest BCUT2D eigenvalue weighted by Crippen LogP contribution is -2.51. The number of hydrogen-bond donors (Lipinski definition) is 1. The molecular formula is C17H23Cl3N2O2S. The second-order valence-electron chi connectivity index (χ2n) is 6.71. The van der Waals surface area contributed by atoms with Crippen LogP contribution in [0.25, 0.3) is 0 Å². The van der Waals surface area contributed by atoms with Gasteiger partial charge in [-0.05, 0) is 56.1 Å². The highest BCUT2D eigenvalue weighted by atomic mass is 35.6. The van der Waals surface area contributed by atoms with Crippen LogP contribution in [0.4, 0.5) is 0 Å². The third kappa shape index (κ3) is 5.24. The highest BCUT2D eigenvalue weighted by Gasteiger charge is 2.38. The molecule has 2 saturated heterocycles. The highest BCUT2D eigenvalue weighted by Crippen LogP contribution is 2.34. The first-order valence-corrected chi connectivity index (χ1v) is 10.7. The fraction of sp³-hybridized carbons (Fsp3) is 0.706. The highest BCUT2D eigenvalue weighted by molar-refractivity contribution is 7.12. The van der Waals surface area contributed by atoms with E-state index in [0.29, 0.717) is 23.4 Å². The Morgan fingerprint density at radius 2 is 2.12 bits per heavy atom. The average Bonchev–Trinajstić information content (AvgIpc) is 3.12. The number of fused-ring (bicyclic) bond motifs is 1. The van der Waals surface area contributed by atoms with E-state index < -0.39 is 10.0 Å². The first-order chi connectivity index (χ1) is 11.9. The predicted octanol–water partition coefficient (Wildman–Crippen LogP) is 4.46. The number of nitrogens with zero attached hydrogens (tertiary/aromatic N) is 1. The lowest BCUT2D eigenvalue weighted by molar-refractivity contribution is -0.0324. The van der Waals surface area contributed by atoms with E-state index in [-0.39, 0.29) is 5.91 Å². The average molecular weight is 426 g/mol. The van der Waals surface area contributed by atoms with Gasteiger partial charge in [-0.3, -0.25) is 4.79 Å². The maximum Gasteiger partial charge on any atom is 0.263 e. The van der Waals surface area contributed by atoms with Gasteiger partial charge in [-0.15, -0.1) is 11.3 Å². The molecule has 2 aliphatic rings. The van der Waals surface area contributed by atoms with Gasteiger partial charge in [-0.1, -0.05) is 47.3 Å². The van der Waals surface area contributed by atoms with E-state index in [2.05, 4.69) is 10.2 Å². The minimum absolute atomic E-state index is 0.283. The van der Waals surface area contributed by atoms with Crippen molar-refractivity contribution in [1.29, 1.82) is 0 Å². The summed E-state index contributed by atoms with van der Waals surface area (Å²) in [7, 11) is 0. The largest absolute Gasteiger partial charge is 0.354 e. The van der Waals surface area contributed by atoms with Crippen LogP contribution in [-0.2, 0) is 4.74 Å². The summed E-state index contributed by atoms with van der Waals surface area (Å²) >= 11 is 19.5. The van der Waals surface area contributed by atoms with Crippen LogP contribution in [0.3, 0.4) is 0 Å². The molecule has 4 nitrogen and oxygen atoms in total. The standard InChI is InChI=1S/C17H23Cl3N2O2S/c18-17(19,20)16(21-15(23)14-7-4-10-25-14)24-11-12-5-3-9-22-8-2-1-6-13(12)22/h4,7,10,12-13,16H,1-3,5-6,8-9,11H2,(H,21,23)/t12-,13-,16+/m0/s1. The van der Waals surface area contributed by atoms with Crippen molar-refractivity contribution in [1.82, 2.24) is 10.2 Å². The summed E-state index contributed by atoms with van der Waals surface area (Å²) in [5.41, 5.74) is 0. The quantitative estimate of drug-likeness (QED) is 0.559. The zero-order chi connectivity index (χ0) is 17.9. The third-order valence-corrected chi connectivity index (χ3v) is 6.47. The van der Waals surface area contributed by atoms with Crippen LogP contribution in [0.5, 0.6) is 0 Å². The molecule has 2 fully saturated rings. The van der Waals surface area contributed by atoms with E-state index in [4.69, 9.17) is 39.5 Å². The number of ether oxygens (including phenoxy) is 1. The lowest BCUT2D eigenvalue weighted by atomic mass is 9.84. The van der Waals surface area contributed by atoms with Gasteiger partial charge in [0.15, 0.2) is 6.23 Å². The monoisotopic (exact) mass is 424 g/mol. The number of hydrogen-bond acceptors (Lipinski definition) is 4. The molecule has 0 saturated carbocycles. The molecule has 2 aliphatic heterocycles. The molecule has 8 heteroatoms. The number of piperidine rings is 2. The van der Waals surface area contributed by atoms with Gasteiger partial charge in [0.1, 0.15) is 0 Å². The van der Waals surface area contributed by atoms with Crippen LogP contribution in [0, 0.1) is 5.92 Å². The Bertz CT molecular complexity index is 563. The number of halogens is 3. The molecule has 1 aromatic rings. The summed E-state index contributed by atoms with van der Waals surface area (Å²) in [6.45, 7) is 2.83. The number of amides is 1. The molecule has 1 N–H and O–H groups in total. The normalized spacial score (nSPS) is 26.0. The van der Waals surface area contributed by atoms with Crippen molar-refractivity contribution in [3.8, 4) is 0 Å². The Labute approximate surface area is 167 Å². The van der Waals surface area contributed by atoms with Gasteiger partial charge in [0.2, 0.25) is 3.79 Å². The first kappa shape index (κ1) is 19.7. The molecule has 140 valence electrons. The van der Waals surface area contributed by atoms with E-state index in [0.717, 1.165) is 6.42 Å². The topological polar surface area (TPSA) is 41.6 Å². The molecule has 3 atom stereocenters. The maximum atomic E-state index is 12.3. The second-order valence-corrected chi connectivity index (χ2v) is 10.0. The minimum atomic E-state index is -1.71. The molecule has 0 bridgehead atoms. The smallest absolute Gasteiger partial charge is 0.263 e. The van der Waals surface area contributed by atoms with Crippen molar-refractivity contribution in [2.24, 2.45) is 5.92 Å². The molecule has 0 radical (unpaired) electrons. The van der Waals surface area contributed by atoms with E-state index in [1.54, 1.807) is 6.07 Å². The van der Waals surface area contributed by atoms with Crippen molar-refractivity contribution in [2.45, 2.75) is 48.2 Å². The fourth-order valence-corrected chi connectivity index (χ4v) is 4.79. The molecule has 0 spiro atoms. The number of nitrogens with one attached hydrogen (secondary N) is 1. The van der Waals surface area contributed by atoms with Crippen molar-refractivity contribution in [3.05, 3.63) is 22.4 Å². The van der Waals surface area contributed by atoms with Crippen molar-refractivity contribution < 1.29 is 9.53 Å². The molecule has 3 rings (SSSR count). The third-order valence-electron chi connectivity index (χ3n) is 5.01. The maximum absolute atomic E-state index is 12.3. The molecule has 0 aliphatic carbocycles. The van der Waals surface area contributed by atoms with Crippen molar-refractivity contribution in [3.63, 3.8) is 0 Å².